The zero-order valence-corrected chi connectivity index (χ0v) is 16.0. The number of aryl methyl sites for hydroxylation is 2. The number of hydrogen-bond donors (Lipinski definition) is 0. The molecule has 1 saturated heterocycles. The van der Waals surface area contributed by atoms with Gasteiger partial charge in [-0.25, -0.2) is 13.2 Å². The second-order valence-corrected chi connectivity index (χ2v) is 9.74. The maximum Gasteiger partial charge on any atom is 0.340 e. The smallest absolute Gasteiger partial charge is 0.340 e. The van der Waals surface area contributed by atoms with Gasteiger partial charge in [0.05, 0.1) is 17.1 Å². The number of carbonyl (C=O) groups excluding carboxylic acids is 2. The summed E-state index contributed by atoms with van der Waals surface area (Å²) in [6.45, 7) is 7.45. The summed E-state index contributed by atoms with van der Waals surface area (Å²) in [5, 5.41) is 0. The third-order valence-electron chi connectivity index (χ3n) is 4.17. The molecule has 24 heavy (non-hydrogen) atoms. The van der Waals surface area contributed by atoms with Gasteiger partial charge in [0.25, 0.3) is 5.91 Å². The Kier molecular flexibility index (Phi) is 5.70. The lowest BCUT2D eigenvalue weighted by atomic mass is 10.2. The molecule has 2 heterocycles. The van der Waals surface area contributed by atoms with Crippen LogP contribution in [0.3, 0.4) is 0 Å². The average Bonchev–Trinajstić information content (AvgIpc) is 3.01. The number of nitrogens with zero attached hydrogens (tertiary/aromatic N) is 1. The van der Waals surface area contributed by atoms with E-state index in [9.17, 15) is 18.0 Å². The van der Waals surface area contributed by atoms with Crippen LogP contribution >= 0.6 is 11.3 Å². The summed E-state index contributed by atoms with van der Waals surface area (Å²) in [6, 6.07) is 1.42. The molecule has 1 aliphatic rings. The first kappa shape index (κ1) is 18.9. The first-order valence-corrected chi connectivity index (χ1v) is 10.6. The predicted octanol–water partition coefficient (Wildman–Crippen LogP) is 1.95. The summed E-state index contributed by atoms with van der Waals surface area (Å²) < 4.78 is 28.6. The molecule has 134 valence electrons. The molecule has 1 aromatic rings. The van der Waals surface area contributed by atoms with E-state index in [1.54, 1.807) is 13.0 Å². The standard InChI is InChI=1S/C16H23NO5S2/c1-5-17(13-6-7-24(20,21)9-13)15(18)11(3)22-16(19)14-8-10(2)23-12(14)4/h8,11,13H,5-7,9H2,1-4H3/t11-,13-/m1/s1. The largest absolute Gasteiger partial charge is 0.449 e. The monoisotopic (exact) mass is 373 g/mol. The van der Waals surface area contributed by atoms with E-state index < -0.39 is 21.9 Å². The van der Waals surface area contributed by atoms with Crippen molar-refractivity contribution in [3.8, 4) is 0 Å². The number of amides is 1. The van der Waals surface area contributed by atoms with E-state index in [0.717, 1.165) is 9.75 Å². The lowest BCUT2D eigenvalue weighted by Crippen LogP contribution is -2.46. The highest BCUT2D eigenvalue weighted by atomic mass is 32.2. The number of carbonyl (C=O) groups is 2. The minimum atomic E-state index is -3.08. The van der Waals surface area contributed by atoms with Gasteiger partial charge in [0.1, 0.15) is 0 Å². The number of likely N-dealkylation sites (N-methyl/N-ethyl adjacent to an activating group) is 1. The lowest BCUT2D eigenvalue weighted by molar-refractivity contribution is -0.141. The van der Waals surface area contributed by atoms with Crippen LogP contribution in [0.4, 0.5) is 0 Å². The van der Waals surface area contributed by atoms with Crippen molar-refractivity contribution in [3.63, 3.8) is 0 Å². The second-order valence-electron chi connectivity index (χ2n) is 6.06. The van der Waals surface area contributed by atoms with Crippen molar-refractivity contribution in [2.24, 2.45) is 0 Å². The Morgan fingerprint density at radius 3 is 2.54 bits per heavy atom. The molecule has 6 nitrogen and oxygen atoms in total. The van der Waals surface area contributed by atoms with Crippen LogP contribution < -0.4 is 0 Å². The van der Waals surface area contributed by atoms with Gasteiger partial charge in [-0.3, -0.25) is 4.79 Å². The first-order chi connectivity index (χ1) is 11.1. The SMILES string of the molecule is CCN(C(=O)[C@@H](C)OC(=O)c1cc(C)sc1C)[C@@H]1CCS(=O)(=O)C1. The first-order valence-electron chi connectivity index (χ1n) is 7.93. The number of esters is 1. The fourth-order valence-electron chi connectivity index (χ4n) is 2.96. The van der Waals surface area contributed by atoms with Crippen molar-refractivity contribution in [1.82, 2.24) is 4.90 Å². The molecular formula is C16H23NO5S2. The van der Waals surface area contributed by atoms with Crippen LogP contribution in [-0.2, 0) is 19.4 Å². The third-order valence-corrected chi connectivity index (χ3v) is 6.88. The van der Waals surface area contributed by atoms with Gasteiger partial charge in [-0.05, 0) is 40.2 Å². The van der Waals surface area contributed by atoms with Gasteiger partial charge in [-0.15, -0.1) is 11.3 Å². The van der Waals surface area contributed by atoms with Gasteiger partial charge in [0.2, 0.25) is 0 Å². The fourth-order valence-corrected chi connectivity index (χ4v) is 5.60. The van der Waals surface area contributed by atoms with Gasteiger partial charge < -0.3 is 9.64 Å². The Labute approximate surface area is 146 Å². The number of hydrogen-bond acceptors (Lipinski definition) is 6. The zero-order chi connectivity index (χ0) is 18.1. The fraction of sp³-hybridized carbons (Fsp3) is 0.625. The van der Waals surface area contributed by atoms with Crippen LogP contribution in [0.2, 0.25) is 0 Å². The van der Waals surface area contributed by atoms with Gasteiger partial charge in [-0.1, -0.05) is 0 Å². The highest BCUT2D eigenvalue weighted by molar-refractivity contribution is 7.91. The molecule has 1 aliphatic heterocycles. The van der Waals surface area contributed by atoms with Crippen molar-refractivity contribution >= 4 is 33.1 Å². The van der Waals surface area contributed by atoms with Crippen molar-refractivity contribution in [1.29, 1.82) is 0 Å². The molecule has 1 fully saturated rings. The quantitative estimate of drug-likeness (QED) is 0.737. The number of rotatable bonds is 5. The van der Waals surface area contributed by atoms with Crippen LogP contribution in [0.1, 0.15) is 40.4 Å². The highest BCUT2D eigenvalue weighted by Crippen LogP contribution is 2.23. The topological polar surface area (TPSA) is 80.8 Å². The maximum atomic E-state index is 12.6. The Hall–Kier alpha value is -1.41. The van der Waals surface area contributed by atoms with E-state index in [2.05, 4.69) is 0 Å². The average molecular weight is 373 g/mol. The van der Waals surface area contributed by atoms with Crippen molar-refractivity contribution < 1.29 is 22.7 Å². The Balaban J connectivity index is 2.05. The Morgan fingerprint density at radius 1 is 1.42 bits per heavy atom. The van der Waals surface area contributed by atoms with Crippen molar-refractivity contribution in [2.45, 2.75) is 46.3 Å². The molecule has 1 amide bonds. The highest BCUT2D eigenvalue weighted by Gasteiger charge is 2.36. The number of ether oxygens (including phenoxy) is 1. The van der Waals surface area contributed by atoms with Gasteiger partial charge in [0, 0.05) is 22.3 Å². The summed E-state index contributed by atoms with van der Waals surface area (Å²) in [7, 11) is -3.08. The summed E-state index contributed by atoms with van der Waals surface area (Å²) in [6.07, 6.45) is -0.508. The van der Waals surface area contributed by atoms with Crippen LogP contribution in [0.25, 0.3) is 0 Å². The van der Waals surface area contributed by atoms with Gasteiger partial charge in [0.15, 0.2) is 15.9 Å². The number of thiophene rings is 1. The van der Waals surface area contributed by atoms with E-state index in [-0.39, 0.29) is 23.5 Å². The van der Waals surface area contributed by atoms with Crippen LogP contribution in [0, 0.1) is 13.8 Å². The Bertz CT molecular complexity index is 738. The molecule has 2 atom stereocenters. The zero-order valence-electron chi connectivity index (χ0n) is 14.4. The minimum absolute atomic E-state index is 0.0178. The number of sulfone groups is 1. The van der Waals surface area contributed by atoms with Crippen LogP contribution in [-0.4, -0.2) is 55.4 Å². The van der Waals surface area contributed by atoms with Gasteiger partial charge in [-0.2, -0.15) is 0 Å². The Morgan fingerprint density at radius 2 is 2.08 bits per heavy atom. The van der Waals surface area contributed by atoms with E-state index in [4.69, 9.17) is 4.74 Å². The van der Waals surface area contributed by atoms with E-state index >= 15 is 0 Å². The summed E-state index contributed by atoms with van der Waals surface area (Å²) in [5.41, 5.74) is 0.476. The predicted molar refractivity (Wildman–Crippen MR) is 93.1 cm³/mol. The molecule has 0 bridgehead atoms. The summed E-state index contributed by atoms with van der Waals surface area (Å²) in [5.74, 6) is -0.788. The molecule has 1 aromatic heterocycles. The molecule has 0 aromatic carbocycles. The summed E-state index contributed by atoms with van der Waals surface area (Å²) >= 11 is 1.50. The second kappa shape index (κ2) is 7.23. The molecule has 0 N–H and O–H groups in total. The van der Waals surface area contributed by atoms with Gasteiger partial charge >= 0.3 is 5.97 Å². The van der Waals surface area contributed by atoms with E-state index in [1.165, 1.54) is 23.2 Å². The molecule has 0 aliphatic carbocycles. The minimum Gasteiger partial charge on any atom is -0.449 e. The van der Waals surface area contributed by atoms with E-state index in [0.29, 0.717) is 18.5 Å². The molecule has 0 saturated carbocycles. The molecular weight excluding hydrogens is 350 g/mol. The molecule has 0 spiro atoms. The molecule has 8 heteroatoms. The van der Waals surface area contributed by atoms with Crippen LogP contribution in [0.15, 0.2) is 6.07 Å². The summed E-state index contributed by atoms with van der Waals surface area (Å²) in [4.78, 5) is 28.2. The maximum absolute atomic E-state index is 12.6. The normalized spacial score (nSPS) is 20.6. The van der Waals surface area contributed by atoms with Crippen LogP contribution in [0.5, 0.6) is 0 Å². The van der Waals surface area contributed by atoms with E-state index in [1.807, 2.05) is 13.8 Å². The van der Waals surface area contributed by atoms with Crippen molar-refractivity contribution in [2.75, 3.05) is 18.1 Å². The third kappa shape index (κ3) is 4.16. The molecule has 2 rings (SSSR count). The molecule has 0 radical (unpaired) electrons. The molecule has 0 unspecified atom stereocenters. The van der Waals surface area contributed by atoms with Crippen molar-refractivity contribution in [3.05, 3.63) is 21.4 Å². The lowest BCUT2D eigenvalue weighted by Gasteiger charge is -2.29.